The van der Waals surface area contributed by atoms with Gasteiger partial charge in [0.25, 0.3) is 5.69 Å². The molecule has 0 aliphatic rings. The summed E-state index contributed by atoms with van der Waals surface area (Å²) < 4.78 is 1.70. The molecule has 0 radical (unpaired) electrons. The standard InChI is InChI=1S/C16H14N4O3/c21-10-13-3-1-12(2-4-13)9-19-11-17-16(18-19)14-5-7-15(8-6-14)20(22)23/h1-8,11,21H,9-10H2. The molecule has 116 valence electrons. The molecule has 3 aromatic rings. The Balaban J connectivity index is 1.75. The van der Waals surface area contributed by atoms with Crippen LogP contribution < -0.4 is 0 Å². The van der Waals surface area contributed by atoms with Gasteiger partial charge >= 0.3 is 0 Å². The molecule has 0 spiro atoms. The number of nitro groups is 1. The molecule has 7 heteroatoms. The van der Waals surface area contributed by atoms with Gasteiger partial charge in [0.05, 0.1) is 18.1 Å². The number of aliphatic hydroxyl groups is 1. The third-order valence-corrected chi connectivity index (χ3v) is 3.42. The second-order valence-corrected chi connectivity index (χ2v) is 5.04. The van der Waals surface area contributed by atoms with Crippen molar-refractivity contribution in [3.63, 3.8) is 0 Å². The van der Waals surface area contributed by atoms with Crippen molar-refractivity contribution in [1.29, 1.82) is 0 Å². The van der Waals surface area contributed by atoms with Gasteiger partial charge < -0.3 is 5.11 Å². The molecule has 1 N–H and O–H groups in total. The molecule has 0 fully saturated rings. The molecule has 3 rings (SSSR count). The molecule has 0 saturated carbocycles. The molecule has 1 heterocycles. The van der Waals surface area contributed by atoms with Gasteiger partial charge in [-0.2, -0.15) is 5.10 Å². The summed E-state index contributed by atoms with van der Waals surface area (Å²) in [7, 11) is 0. The van der Waals surface area contributed by atoms with Crippen LogP contribution >= 0.6 is 0 Å². The predicted molar refractivity (Wildman–Crippen MR) is 83.6 cm³/mol. The summed E-state index contributed by atoms with van der Waals surface area (Å²) in [6.07, 6.45) is 1.62. The SMILES string of the molecule is O=[N+]([O-])c1ccc(-c2ncn(Cc3ccc(CO)cc3)n2)cc1. The van der Waals surface area contributed by atoms with Gasteiger partial charge in [-0.25, -0.2) is 9.67 Å². The van der Waals surface area contributed by atoms with Crippen LogP contribution in [0.5, 0.6) is 0 Å². The Kier molecular flexibility index (Phi) is 4.11. The van der Waals surface area contributed by atoms with Gasteiger partial charge in [-0.15, -0.1) is 0 Å². The Morgan fingerprint density at radius 3 is 2.30 bits per heavy atom. The molecule has 0 amide bonds. The molecule has 0 saturated heterocycles. The number of non-ortho nitro benzene ring substituents is 1. The molecule has 0 aliphatic carbocycles. The zero-order valence-corrected chi connectivity index (χ0v) is 12.2. The van der Waals surface area contributed by atoms with Crippen molar-refractivity contribution in [1.82, 2.24) is 14.8 Å². The highest BCUT2D eigenvalue weighted by molar-refractivity contribution is 5.56. The van der Waals surface area contributed by atoms with E-state index in [9.17, 15) is 10.1 Å². The van der Waals surface area contributed by atoms with Crippen molar-refractivity contribution in [3.8, 4) is 11.4 Å². The van der Waals surface area contributed by atoms with E-state index in [-0.39, 0.29) is 12.3 Å². The van der Waals surface area contributed by atoms with E-state index in [4.69, 9.17) is 5.11 Å². The average molecular weight is 310 g/mol. The molecule has 23 heavy (non-hydrogen) atoms. The van der Waals surface area contributed by atoms with E-state index in [1.165, 1.54) is 12.1 Å². The lowest BCUT2D eigenvalue weighted by molar-refractivity contribution is -0.384. The highest BCUT2D eigenvalue weighted by Crippen LogP contribution is 2.19. The Morgan fingerprint density at radius 1 is 1.04 bits per heavy atom. The van der Waals surface area contributed by atoms with Crippen LogP contribution in [-0.2, 0) is 13.2 Å². The minimum atomic E-state index is -0.439. The maximum Gasteiger partial charge on any atom is 0.269 e. The van der Waals surface area contributed by atoms with Gasteiger partial charge in [-0.1, -0.05) is 24.3 Å². The fourth-order valence-electron chi connectivity index (χ4n) is 2.17. The van der Waals surface area contributed by atoms with Crippen molar-refractivity contribution in [2.45, 2.75) is 13.2 Å². The van der Waals surface area contributed by atoms with E-state index in [0.29, 0.717) is 12.4 Å². The number of rotatable bonds is 5. The molecule has 1 aromatic heterocycles. The topological polar surface area (TPSA) is 94.1 Å². The highest BCUT2D eigenvalue weighted by Gasteiger charge is 2.08. The van der Waals surface area contributed by atoms with E-state index >= 15 is 0 Å². The molecule has 0 aliphatic heterocycles. The second kappa shape index (κ2) is 6.37. The molecule has 2 aromatic carbocycles. The molecule has 0 bridgehead atoms. The van der Waals surface area contributed by atoms with E-state index < -0.39 is 4.92 Å². The third kappa shape index (κ3) is 3.41. The van der Waals surface area contributed by atoms with Crippen LogP contribution in [0.15, 0.2) is 54.9 Å². The Hall–Kier alpha value is -3.06. The quantitative estimate of drug-likeness (QED) is 0.577. The van der Waals surface area contributed by atoms with Crippen LogP contribution in [0.25, 0.3) is 11.4 Å². The number of aliphatic hydroxyl groups excluding tert-OH is 1. The fraction of sp³-hybridized carbons (Fsp3) is 0.125. The van der Waals surface area contributed by atoms with Crippen LogP contribution in [-0.4, -0.2) is 24.8 Å². The average Bonchev–Trinajstić information content (AvgIpc) is 3.04. The summed E-state index contributed by atoms with van der Waals surface area (Å²) in [6.45, 7) is 0.583. The Bertz CT molecular complexity index is 810. The summed E-state index contributed by atoms with van der Waals surface area (Å²) in [4.78, 5) is 14.5. The maximum atomic E-state index is 10.7. The summed E-state index contributed by atoms with van der Waals surface area (Å²) in [6, 6.07) is 13.7. The smallest absolute Gasteiger partial charge is 0.269 e. The summed E-state index contributed by atoms with van der Waals surface area (Å²) in [5, 5.41) is 24.1. The van der Waals surface area contributed by atoms with Crippen molar-refractivity contribution in [2.24, 2.45) is 0 Å². The van der Waals surface area contributed by atoms with Crippen LogP contribution in [0.2, 0.25) is 0 Å². The minimum absolute atomic E-state index is 0.0217. The first-order valence-electron chi connectivity index (χ1n) is 6.98. The predicted octanol–water partition coefficient (Wildman–Crippen LogP) is 2.39. The number of nitrogens with zero attached hydrogens (tertiary/aromatic N) is 4. The van der Waals surface area contributed by atoms with Crippen molar-refractivity contribution in [2.75, 3.05) is 0 Å². The lowest BCUT2D eigenvalue weighted by atomic mass is 10.1. The van der Waals surface area contributed by atoms with Crippen molar-refractivity contribution >= 4 is 5.69 Å². The van der Waals surface area contributed by atoms with E-state index in [1.807, 2.05) is 24.3 Å². The van der Waals surface area contributed by atoms with Gasteiger partial charge in [0.2, 0.25) is 0 Å². The Labute approximate surface area is 132 Å². The zero-order chi connectivity index (χ0) is 16.2. The Morgan fingerprint density at radius 2 is 1.70 bits per heavy atom. The number of hydrogen-bond acceptors (Lipinski definition) is 5. The largest absolute Gasteiger partial charge is 0.392 e. The summed E-state index contributed by atoms with van der Waals surface area (Å²) in [5.41, 5.74) is 2.67. The van der Waals surface area contributed by atoms with Crippen molar-refractivity contribution < 1.29 is 10.0 Å². The number of aromatic nitrogens is 3. The first kappa shape index (κ1) is 14.9. The summed E-state index contributed by atoms with van der Waals surface area (Å²) in [5.74, 6) is 0.520. The first-order chi connectivity index (χ1) is 11.2. The van der Waals surface area contributed by atoms with Crippen molar-refractivity contribution in [3.05, 3.63) is 76.1 Å². The van der Waals surface area contributed by atoms with Crippen LogP contribution in [0, 0.1) is 10.1 Å². The normalized spacial score (nSPS) is 10.7. The number of nitro benzene ring substituents is 1. The van der Waals surface area contributed by atoms with Crippen LogP contribution in [0.4, 0.5) is 5.69 Å². The van der Waals surface area contributed by atoms with E-state index in [2.05, 4.69) is 10.1 Å². The van der Waals surface area contributed by atoms with E-state index in [1.54, 1.807) is 23.1 Å². The van der Waals surface area contributed by atoms with Gasteiger partial charge in [0.15, 0.2) is 5.82 Å². The lowest BCUT2D eigenvalue weighted by Crippen LogP contribution is -2.00. The molecule has 0 unspecified atom stereocenters. The van der Waals surface area contributed by atoms with Gasteiger partial charge in [0, 0.05) is 17.7 Å². The minimum Gasteiger partial charge on any atom is -0.392 e. The zero-order valence-electron chi connectivity index (χ0n) is 12.2. The van der Waals surface area contributed by atoms with Crippen LogP contribution in [0.1, 0.15) is 11.1 Å². The van der Waals surface area contributed by atoms with Gasteiger partial charge in [-0.3, -0.25) is 10.1 Å². The van der Waals surface area contributed by atoms with Gasteiger partial charge in [-0.05, 0) is 23.3 Å². The maximum absolute atomic E-state index is 10.7. The molecule has 7 nitrogen and oxygen atoms in total. The lowest BCUT2D eigenvalue weighted by Gasteiger charge is -2.02. The monoisotopic (exact) mass is 310 g/mol. The summed E-state index contributed by atoms with van der Waals surface area (Å²) >= 11 is 0. The second-order valence-electron chi connectivity index (χ2n) is 5.04. The third-order valence-electron chi connectivity index (χ3n) is 3.42. The van der Waals surface area contributed by atoms with Crippen LogP contribution in [0.3, 0.4) is 0 Å². The molecular weight excluding hydrogens is 296 g/mol. The highest BCUT2D eigenvalue weighted by atomic mass is 16.6. The number of benzene rings is 2. The first-order valence-corrected chi connectivity index (χ1v) is 6.98. The molecular formula is C16H14N4O3. The van der Waals surface area contributed by atoms with E-state index in [0.717, 1.165) is 16.7 Å². The van der Waals surface area contributed by atoms with Gasteiger partial charge in [0.1, 0.15) is 6.33 Å². The number of hydrogen-bond donors (Lipinski definition) is 1. The molecule has 0 atom stereocenters. The fourth-order valence-corrected chi connectivity index (χ4v) is 2.17.